The topological polar surface area (TPSA) is 53.2 Å². The first-order valence-electron chi connectivity index (χ1n) is 7.76. The van der Waals surface area contributed by atoms with E-state index in [4.69, 9.17) is 0 Å². The molecule has 2 rings (SSSR count). The molecule has 1 atom stereocenters. The van der Waals surface area contributed by atoms with Crippen LogP contribution in [0.5, 0.6) is 0 Å². The molecule has 1 unspecified atom stereocenters. The highest BCUT2D eigenvalue weighted by molar-refractivity contribution is 5.94. The Morgan fingerprint density at radius 2 is 1.87 bits per heavy atom. The van der Waals surface area contributed by atoms with Gasteiger partial charge in [0.15, 0.2) is 0 Å². The number of aryl methyl sites for hydroxylation is 1. The maximum atomic E-state index is 13.1. The molecule has 122 valence electrons. The third-order valence-electron chi connectivity index (χ3n) is 3.95. The second-order valence-corrected chi connectivity index (χ2v) is 5.43. The number of pyridine rings is 1. The molecule has 0 spiro atoms. The fourth-order valence-corrected chi connectivity index (χ4v) is 2.60. The summed E-state index contributed by atoms with van der Waals surface area (Å²) in [7, 11) is 0. The standard InChI is InChI=1S/C18H21FN2O2/c1-4-16-10-14(11-17(22)20-16)18(23)21(5-2)12(3)13-6-8-15(19)9-7-13/h6-12H,4-5H2,1-3H3,(H,20,22). The molecule has 1 amide bonds. The van der Waals surface area contributed by atoms with Crippen molar-refractivity contribution in [1.29, 1.82) is 0 Å². The zero-order chi connectivity index (χ0) is 17.0. The molecule has 1 aromatic carbocycles. The Kier molecular flexibility index (Phi) is 5.32. The van der Waals surface area contributed by atoms with Crippen LogP contribution in [0.1, 0.15) is 48.4 Å². The minimum atomic E-state index is -0.308. The van der Waals surface area contributed by atoms with Gasteiger partial charge < -0.3 is 9.88 Å². The highest BCUT2D eigenvalue weighted by Gasteiger charge is 2.22. The molecular weight excluding hydrogens is 295 g/mol. The van der Waals surface area contributed by atoms with E-state index in [9.17, 15) is 14.0 Å². The van der Waals surface area contributed by atoms with Crippen molar-refractivity contribution in [3.05, 3.63) is 69.4 Å². The van der Waals surface area contributed by atoms with Gasteiger partial charge in [-0.25, -0.2) is 4.39 Å². The second-order valence-electron chi connectivity index (χ2n) is 5.43. The number of nitrogens with one attached hydrogen (secondary N) is 1. The molecule has 0 fully saturated rings. The fourth-order valence-electron chi connectivity index (χ4n) is 2.60. The van der Waals surface area contributed by atoms with Gasteiger partial charge in [-0.2, -0.15) is 0 Å². The number of benzene rings is 1. The summed E-state index contributed by atoms with van der Waals surface area (Å²) in [5.74, 6) is -0.511. The van der Waals surface area contributed by atoms with Gasteiger partial charge in [-0.3, -0.25) is 9.59 Å². The Bertz CT molecular complexity index is 737. The van der Waals surface area contributed by atoms with Crippen LogP contribution in [0.3, 0.4) is 0 Å². The molecular formula is C18H21FN2O2. The molecule has 5 heteroatoms. The Labute approximate surface area is 135 Å². The van der Waals surface area contributed by atoms with Crippen molar-refractivity contribution in [3.8, 4) is 0 Å². The second kappa shape index (κ2) is 7.22. The third-order valence-corrected chi connectivity index (χ3v) is 3.95. The SMILES string of the molecule is CCc1cc(C(=O)N(CC)C(C)c2ccc(F)cc2)cc(=O)[nH]1. The van der Waals surface area contributed by atoms with Crippen molar-refractivity contribution in [2.45, 2.75) is 33.2 Å². The zero-order valence-electron chi connectivity index (χ0n) is 13.6. The number of aromatic amines is 1. The van der Waals surface area contributed by atoms with Crippen molar-refractivity contribution in [2.24, 2.45) is 0 Å². The van der Waals surface area contributed by atoms with Crippen molar-refractivity contribution < 1.29 is 9.18 Å². The van der Waals surface area contributed by atoms with E-state index in [1.54, 1.807) is 23.1 Å². The highest BCUT2D eigenvalue weighted by atomic mass is 19.1. The van der Waals surface area contributed by atoms with Crippen LogP contribution in [0, 0.1) is 5.82 Å². The lowest BCUT2D eigenvalue weighted by atomic mass is 10.1. The number of amides is 1. The van der Waals surface area contributed by atoms with E-state index < -0.39 is 0 Å². The number of carbonyl (C=O) groups is 1. The van der Waals surface area contributed by atoms with Gasteiger partial charge in [0.05, 0.1) is 6.04 Å². The maximum absolute atomic E-state index is 13.1. The third kappa shape index (κ3) is 3.86. The average Bonchev–Trinajstić information content (AvgIpc) is 2.55. The van der Waals surface area contributed by atoms with E-state index in [0.29, 0.717) is 18.5 Å². The van der Waals surface area contributed by atoms with Gasteiger partial charge in [-0.15, -0.1) is 0 Å². The summed E-state index contributed by atoms with van der Waals surface area (Å²) in [4.78, 5) is 28.8. The number of hydrogen-bond acceptors (Lipinski definition) is 2. The predicted molar refractivity (Wildman–Crippen MR) is 88.0 cm³/mol. The smallest absolute Gasteiger partial charge is 0.254 e. The molecule has 1 heterocycles. The van der Waals surface area contributed by atoms with E-state index in [1.165, 1.54) is 18.2 Å². The number of hydrogen-bond donors (Lipinski definition) is 1. The molecule has 2 aromatic rings. The monoisotopic (exact) mass is 316 g/mol. The van der Waals surface area contributed by atoms with Crippen LogP contribution in [0.2, 0.25) is 0 Å². The van der Waals surface area contributed by atoms with E-state index >= 15 is 0 Å². The molecule has 4 nitrogen and oxygen atoms in total. The van der Waals surface area contributed by atoms with E-state index in [-0.39, 0.29) is 23.3 Å². The summed E-state index contributed by atoms with van der Waals surface area (Å²) in [6, 6.07) is 8.93. The van der Waals surface area contributed by atoms with Crippen LogP contribution in [0.15, 0.2) is 41.2 Å². The molecule has 0 aliphatic carbocycles. The predicted octanol–water partition coefficient (Wildman–Crippen LogP) is 3.30. The lowest BCUT2D eigenvalue weighted by Crippen LogP contribution is -2.34. The van der Waals surface area contributed by atoms with Crippen LogP contribution >= 0.6 is 0 Å². The van der Waals surface area contributed by atoms with E-state index in [1.807, 2.05) is 20.8 Å². The van der Waals surface area contributed by atoms with Crippen LogP contribution < -0.4 is 5.56 Å². The van der Waals surface area contributed by atoms with Gasteiger partial charge in [0, 0.05) is 23.9 Å². The van der Waals surface area contributed by atoms with E-state index in [0.717, 1.165) is 11.3 Å². The van der Waals surface area contributed by atoms with E-state index in [2.05, 4.69) is 4.98 Å². The number of aromatic nitrogens is 1. The summed E-state index contributed by atoms with van der Waals surface area (Å²) < 4.78 is 13.1. The van der Waals surface area contributed by atoms with Gasteiger partial charge in [0.2, 0.25) is 5.56 Å². The average molecular weight is 316 g/mol. The maximum Gasteiger partial charge on any atom is 0.254 e. The summed E-state index contributed by atoms with van der Waals surface area (Å²) >= 11 is 0. The molecule has 0 aliphatic rings. The summed E-state index contributed by atoms with van der Waals surface area (Å²) in [6.07, 6.45) is 0.649. The summed E-state index contributed by atoms with van der Waals surface area (Å²) in [6.45, 7) is 6.18. The number of H-pyrrole nitrogens is 1. The fraction of sp³-hybridized carbons (Fsp3) is 0.333. The van der Waals surface area contributed by atoms with Crippen molar-refractivity contribution in [3.63, 3.8) is 0 Å². The zero-order valence-corrected chi connectivity index (χ0v) is 13.6. The Morgan fingerprint density at radius 3 is 2.43 bits per heavy atom. The van der Waals surface area contributed by atoms with Crippen LogP contribution in [0.4, 0.5) is 4.39 Å². The molecule has 0 bridgehead atoms. The van der Waals surface area contributed by atoms with Gasteiger partial charge in [0.25, 0.3) is 5.91 Å². The lowest BCUT2D eigenvalue weighted by Gasteiger charge is -2.28. The van der Waals surface area contributed by atoms with Crippen molar-refractivity contribution in [1.82, 2.24) is 9.88 Å². The lowest BCUT2D eigenvalue weighted by molar-refractivity contribution is 0.0702. The van der Waals surface area contributed by atoms with Gasteiger partial charge in [0.1, 0.15) is 5.82 Å². The van der Waals surface area contributed by atoms with Crippen LogP contribution in [-0.4, -0.2) is 22.3 Å². The minimum Gasteiger partial charge on any atom is -0.332 e. The first-order valence-corrected chi connectivity index (χ1v) is 7.76. The quantitative estimate of drug-likeness (QED) is 0.920. The number of rotatable bonds is 5. The number of halogens is 1. The Morgan fingerprint density at radius 1 is 1.22 bits per heavy atom. The molecule has 0 saturated heterocycles. The van der Waals surface area contributed by atoms with Gasteiger partial charge in [-0.05, 0) is 44.0 Å². The minimum absolute atomic E-state index is 0.204. The van der Waals surface area contributed by atoms with Crippen LogP contribution in [-0.2, 0) is 6.42 Å². The molecule has 1 aromatic heterocycles. The first kappa shape index (κ1) is 16.9. The van der Waals surface area contributed by atoms with Crippen molar-refractivity contribution >= 4 is 5.91 Å². The summed E-state index contributed by atoms with van der Waals surface area (Å²) in [5, 5.41) is 0. The van der Waals surface area contributed by atoms with Gasteiger partial charge >= 0.3 is 0 Å². The van der Waals surface area contributed by atoms with Crippen LogP contribution in [0.25, 0.3) is 0 Å². The molecule has 0 radical (unpaired) electrons. The number of carbonyl (C=O) groups excluding carboxylic acids is 1. The normalized spacial score (nSPS) is 12.0. The largest absolute Gasteiger partial charge is 0.332 e. The Balaban J connectivity index is 2.32. The van der Waals surface area contributed by atoms with Crippen molar-refractivity contribution in [2.75, 3.05) is 6.54 Å². The number of nitrogens with zero attached hydrogens (tertiary/aromatic N) is 1. The molecule has 23 heavy (non-hydrogen) atoms. The Hall–Kier alpha value is -2.43. The molecule has 0 aliphatic heterocycles. The molecule has 1 N–H and O–H groups in total. The van der Waals surface area contributed by atoms with Gasteiger partial charge in [-0.1, -0.05) is 19.1 Å². The summed E-state index contributed by atoms with van der Waals surface area (Å²) in [5.41, 5.74) is 1.67. The first-order chi connectivity index (χ1) is 11.0. The highest BCUT2D eigenvalue weighted by Crippen LogP contribution is 2.22. The molecule has 0 saturated carbocycles.